The largest absolute Gasteiger partial charge is 0.497 e. The molecular formula is C15H11NO3S. The van der Waals surface area contributed by atoms with Gasteiger partial charge >= 0.3 is 5.97 Å². The van der Waals surface area contributed by atoms with Crippen molar-refractivity contribution >= 4 is 29.3 Å². The van der Waals surface area contributed by atoms with Gasteiger partial charge in [-0.1, -0.05) is 12.1 Å². The van der Waals surface area contributed by atoms with Gasteiger partial charge in [0.05, 0.1) is 7.11 Å². The number of esters is 1. The summed E-state index contributed by atoms with van der Waals surface area (Å²) in [6.45, 7) is 0. The van der Waals surface area contributed by atoms with E-state index >= 15 is 0 Å². The Kier molecular flexibility index (Phi) is 3.35. The molecule has 0 atom stereocenters. The number of aliphatic imine (C=N–C) groups is 1. The topological polar surface area (TPSA) is 47.9 Å². The maximum atomic E-state index is 11.8. The lowest BCUT2D eigenvalue weighted by molar-refractivity contribution is -0.129. The molecule has 0 bridgehead atoms. The van der Waals surface area contributed by atoms with Crippen LogP contribution in [0.4, 0.5) is 0 Å². The molecule has 0 saturated carbocycles. The van der Waals surface area contributed by atoms with E-state index < -0.39 is 5.97 Å². The summed E-state index contributed by atoms with van der Waals surface area (Å²) >= 11 is 1.54. The fraction of sp³-hybridized carbons (Fsp3) is 0.0667. The number of cyclic esters (lactones) is 1. The first-order valence-corrected chi connectivity index (χ1v) is 6.85. The minimum Gasteiger partial charge on any atom is -0.497 e. The second kappa shape index (κ2) is 5.30. The van der Waals surface area contributed by atoms with E-state index in [2.05, 4.69) is 4.99 Å². The number of hydrogen-bond donors (Lipinski definition) is 0. The highest BCUT2D eigenvalue weighted by Crippen LogP contribution is 2.22. The van der Waals surface area contributed by atoms with Crippen molar-refractivity contribution in [2.75, 3.05) is 7.11 Å². The van der Waals surface area contributed by atoms with Crippen molar-refractivity contribution in [1.29, 1.82) is 0 Å². The first-order chi connectivity index (χ1) is 9.76. The average Bonchev–Trinajstić information content (AvgIpc) is 3.10. The summed E-state index contributed by atoms with van der Waals surface area (Å²) in [4.78, 5) is 17.0. The van der Waals surface area contributed by atoms with Crippen LogP contribution >= 0.6 is 11.3 Å². The Hall–Kier alpha value is -2.40. The fourth-order valence-corrected chi connectivity index (χ4v) is 2.45. The SMILES string of the molecule is COc1cccc(C2=N/C(=C/c3cccs3)C(=O)O2)c1. The van der Waals surface area contributed by atoms with Crippen molar-refractivity contribution in [2.45, 2.75) is 0 Å². The lowest BCUT2D eigenvalue weighted by Crippen LogP contribution is -2.05. The molecule has 2 aromatic rings. The molecule has 0 fully saturated rings. The maximum absolute atomic E-state index is 11.8. The highest BCUT2D eigenvalue weighted by Gasteiger charge is 2.24. The number of methoxy groups -OCH3 is 1. The summed E-state index contributed by atoms with van der Waals surface area (Å²) in [5.41, 5.74) is 1.03. The van der Waals surface area contributed by atoms with Gasteiger partial charge in [-0.2, -0.15) is 0 Å². The molecule has 100 valence electrons. The molecule has 0 radical (unpaired) electrons. The third kappa shape index (κ3) is 2.48. The predicted molar refractivity (Wildman–Crippen MR) is 77.9 cm³/mol. The van der Waals surface area contributed by atoms with Crippen LogP contribution in [-0.2, 0) is 9.53 Å². The minimum atomic E-state index is -0.434. The molecule has 4 nitrogen and oxygen atoms in total. The van der Waals surface area contributed by atoms with Gasteiger partial charge in [-0.15, -0.1) is 11.3 Å². The molecule has 0 saturated heterocycles. The van der Waals surface area contributed by atoms with E-state index in [0.29, 0.717) is 22.9 Å². The Morgan fingerprint density at radius 3 is 2.95 bits per heavy atom. The number of carbonyl (C=O) groups is 1. The maximum Gasteiger partial charge on any atom is 0.363 e. The Balaban J connectivity index is 1.93. The molecular weight excluding hydrogens is 274 g/mol. The zero-order chi connectivity index (χ0) is 13.9. The zero-order valence-electron chi connectivity index (χ0n) is 10.7. The van der Waals surface area contributed by atoms with Gasteiger partial charge in [-0.05, 0) is 35.7 Å². The van der Waals surface area contributed by atoms with Crippen LogP contribution in [0.3, 0.4) is 0 Å². The fourth-order valence-electron chi connectivity index (χ4n) is 1.80. The molecule has 20 heavy (non-hydrogen) atoms. The predicted octanol–water partition coefficient (Wildman–Crippen LogP) is 3.10. The van der Waals surface area contributed by atoms with Crippen molar-refractivity contribution in [3.8, 4) is 5.75 Å². The van der Waals surface area contributed by atoms with E-state index in [1.165, 1.54) is 0 Å². The number of benzene rings is 1. The van der Waals surface area contributed by atoms with Crippen LogP contribution in [-0.4, -0.2) is 19.0 Å². The van der Waals surface area contributed by atoms with Crippen molar-refractivity contribution in [3.63, 3.8) is 0 Å². The molecule has 1 aliphatic heterocycles. The third-order valence-corrected chi connectivity index (χ3v) is 3.58. The third-order valence-electron chi connectivity index (χ3n) is 2.76. The van der Waals surface area contributed by atoms with Crippen LogP contribution in [0.1, 0.15) is 10.4 Å². The standard InChI is InChI=1S/C15H11NO3S/c1-18-11-5-2-4-10(8-11)14-16-13(15(17)19-14)9-12-6-3-7-20-12/h2-9H,1H3/b13-9+. The van der Waals surface area contributed by atoms with Gasteiger partial charge in [-0.25, -0.2) is 9.79 Å². The Morgan fingerprint density at radius 2 is 2.20 bits per heavy atom. The number of ether oxygens (including phenoxy) is 2. The molecule has 5 heteroatoms. The first kappa shape index (κ1) is 12.6. The van der Waals surface area contributed by atoms with Crippen LogP contribution in [0.15, 0.2) is 52.5 Å². The lowest BCUT2D eigenvalue weighted by Gasteiger charge is -2.02. The average molecular weight is 285 g/mol. The minimum absolute atomic E-state index is 0.303. The van der Waals surface area contributed by atoms with Crippen molar-refractivity contribution in [3.05, 3.63) is 57.9 Å². The molecule has 1 aliphatic rings. The smallest absolute Gasteiger partial charge is 0.363 e. The quantitative estimate of drug-likeness (QED) is 0.643. The van der Waals surface area contributed by atoms with E-state index in [1.807, 2.05) is 35.7 Å². The second-order valence-corrected chi connectivity index (χ2v) is 5.06. The van der Waals surface area contributed by atoms with Gasteiger partial charge < -0.3 is 9.47 Å². The number of thiophene rings is 1. The molecule has 1 aromatic carbocycles. The molecule has 0 unspecified atom stereocenters. The van der Waals surface area contributed by atoms with Crippen molar-refractivity contribution in [1.82, 2.24) is 0 Å². The summed E-state index contributed by atoms with van der Waals surface area (Å²) in [6.07, 6.45) is 1.72. The van der Waals surface area contributed by atoms with E-state index in [4.69, 9.17) is 9.47 Å². The Morgan fingerprint density at radius 1 is 1.30 bits per heavy atom. The van der Waals surface area contributed by atoms with Crippen LogP contribution < -0.4 is 4.74 Å². The number of nitrogens with zero attached hydrogens (tertiary/aromatic N) is 1. The molecule has 0 aliphatic carbocycles. The molecule has 2 heterocycles. The molecule has 0 N–H and O–H groups in total. The van der Waals surface area contributed by atoms with Gasteiger partial charge in [0, 0.05) is 10.4 Å². The first-order valence-electron chi connectivity index (χ1n) is 5.97. The summed E-state index contributed by atoms with van der Waals surface area (Å²) in [5, 5.41) is 1.94. The number of hydrogen-bond acceptors (Lipinski definition) is 5. The van der Waals surface area contributed by atoms with Gasteiger partial charge in [0.25, 0.3) is 0 Å². The summed E-state index contributed by atoms with van der Waals surface area (Å²) in [6, 6.07) is 11.1. The normalized spacial score (nSPS) is 16.1. The monoisotopic (exact) mass is 285 g/mol. The molecule has 3 rings (SSSR count). The Bertz CT molecular complexity index is 702. The van der Waals surface area contributed by atoms with Gasteiger partial charge in [0.15, 0.2) is 5.70 Å². The van der Waals surface area contributed by atoms with Crippen LogP contribution in [0.25, 0.3) is 6.08 Å². The van der Waals surface area contributed by atoms with Crippen molar-refractivity contribution in [2.24, 2.45) is 4.99 Å². The van der Waals surface area contributed by atoms with Gasteiger partial charge in [0.2, 0.25) is 5.90 Å². The zero-order valence-corrected chi connectivity index (χ0v) is 11.5. The van der Waals surface area contributed by atoms with E-state index in [1.54, 1.807) is 30.6 Å². The highest BCUT2D eigenvalue weighted by atomic mass is 32.1. The lowest BCUT2D eigenvalue weighted by atomic mass is 10.2. The van der Waals surface area contributed by atoms with Crippen LogP contribution in [0.2, 0.25) is 0 Å². The summed E-state index contributed by atoms with van der Waals surface area (Å²) in [7, 11) is 1.59. The van der Waals surface area contributed by atoms with Crippen molar-refractivity contribution < 1.29 is 14.3 Å². The van der Waals surface area contributed by atoms with E-state index in [9.17, 15) is 4.79 Å². The van der Waals surface area contributed by atoms with Crippen LogP contribution in [0.5, 0.6) is 5.75 Å². The molecule has 0 spiro atoms. The van der Waals surface area contributed by atoms with Crippen LogP contribution in [0, 0.1) is 0 Å². The van der Waals surface area contributed by atoms with Gasteiger partial charge in [-0.3, -0.25) is 0 Å². The molecule has 1 aromatic heterocycles. The van der Waals surface area contributed by atoms with E-state index in [-0.39, 0.29) is 0 Å². The number of carbonyl (C=O) groups excluding carboxylic acids is 1. The van der Waals surface area contributed by atoms with E-state index in [0.717, 1.165) is 4.88 Å². The summed E-state index contributed by atoms with van der Waals surface area (Å²) < 4.78 is 10.3. The molecule has 0 amide bonds. The number of rotatable bonds is 3. The summed E-state index contributed by atoms with van der Waals surface area (Å²) in [5.74, 6) is 0.560. The second-order valence-electron chi connectivity index (χ2n) is 4.08. The Labute approximate surface area is 120 Å². The highest BCUT2D eigenvalue weighted by molar-refractivity contribution is 7.10. The van der Waals surface area contributed by atoms with Gasteiger partial charge in [0.1, 0.15) is 5.75 Å².